The monoisotopic (exact) mass is 253 g/mol. The van der Waals surface area contributed by atoms with Crippen LogP contribution in [-0.4, -0.2) is 10.9 Å². The van der Waals surface area contributed by atoms with E-state index in [-0.39, 0.29) is 11.8 Å². The van der Waals surface area contributed by atoms with Gasteiger partial charge in [-0.25, -0.2) is 4.98 Å². The fourth-order valence-electron chi connectivity index (χ4n) is 2.47. The summed E-state index contributed by atoms with van der Waals surface area (Å²) in [6, 6.07) is 11.7. The number of nitrogens with one attached hydrogen (secondary N) is 1. The van der Waals surface area contributed by atoms with E-state index in [9.17, 15) is 4.79 Å². The van der Waals surface area contributed by atoms with Gasteiger partial charge in [0.1, 0.15) is 5.82 Å². The van der Waals surface area contributed by atoms with Crippen molar-refractivity contribution in [3.8, 4) is 0 Å². The van der Waals surface area contributed by atoms with Gasteiger partial charge in [0.15, 0.2) is 0 Å². The molecule has 1 amide bonds. The SMILES string of the molecule is Nc1ccc(NC(=O)C2Cc3ccccc3C2)cn1. The average molecular weight is 253 g/mol. The molecular weight excluding hydrogens is 238 g/mol. The molecule has 1 aliphatic carbocycles. The Hall–Kier alpha value is -2.36. The first kappa shape index (κ1) is 11.7. The molecule has 3 rings (SSSR count). The summed E-state index contributed by atoms with van der Waals surface area (Å²) in [4.78, 5) is 16.2. The van der Waals surface area contributed by atoms with Gasteiger partial charge in [0, 0.05) is 5.92 Å². The number of nitrogens with zero attached hydrogens (tertiary/aromatic N) is 1. The van der Waals surface area contributed by atoms with Crippen molar-refractivity contribution >= 4 is 17.4 Å². The van der Waals surface area contributed by atoms with Crippen molar-refractivity contribution in [1.29, 1.82) is 0 Å². The average Bonchev–Trinajstić information content (AvgIpc) is 2.85. The summed E-state index contributed by atoms with van der Waals surface area (Å²) in [5.74, 6) is 0.504. The number of pyridine rings is 1. The van der Waals surface area contributed by atoms with Gasteiger partial charge in [-0.1, -0.05) is 24.3 Å². The van der Waals surface area contributed by atoms with Crippen molar-refractivity contribution in [3.05, 3.63) is 53.7 Å². The molecule has 19 heavy (non-hydrogen) atoms. The Morgan fingerprint density at radius 2 is 1.84 bits per heavy atom. The molecule has 0 atom stereocenters. The number of hydrogen-bond acceptors (Lipinski definition) is 3. The van der Waals surface area contributed by atoms with Crippen LogP contribution in [0.15, 0.2) is 42.6 Å². The lowest BCUT2D eigenvalue weighted by Gasteiger charge is -2.10. The van der Waals surface area contributed by atoms with Gasteiger partial charge in [0.25, 0.3) is 0 Å². The summed E-state index contributed by atoms with van der Waals surface area (Å²) in [6.45, 7) is 0. The van der Waals surface area contributed by atoms with E-state index in [2.05, 4.69) is 22.4 Å². The van der Waals surface area contributed by atoms with Gasteiger partial charge >= 0.3 is 0 Å². The predicted octanol–water partition coefficient (Wildman–Crippen LogP) is 2.02. The Morgan fingerprint density at radius 3 is 2.42 bits per heavy atom. The highest BCUT2D eigenvalue weighted by molar-refractivity contribution is 5.93. The smallest absolute Gasteiger partial charge is 0.228 e. The second kappa shape index (κ2) is 4.72. The number of fused-ring (bicyclic) bond motifs is 1. The van der Waals surface area contributed by atoms with Crippen LogP contribution >= 0.6 is 0 Å². The minimum atomic E-state index is 0.00922. The molecule has 1 aliphatic rings. The molecular formula is C15H15N3O. The van der Waals surface area contributed by atoms with Gasteiger partial charge in [-0.15, -0.1) is 0 Å². The van der Waals surface area contributed by atoms with Gasteiger partial charge in [-0.3, -0.25) is 4.79 Å². The first-order valence-electron chi connectivity index (χ1n) is 6.31. The number of nitrogen functional groups attached to an aromatic ring is 1. The maximum atomic E-state index is 12.2. The van der Waals surface area contributed by atoms with Crippen LogP contribution in [0.2, 0.25) is 0 Å². The van der Waals surface area contributed by atoms with Gasteiger partial charge in [-0.2, -0.15) is 0 Å². The molecule has 4 heteroatoms. The van der Waals surface area contributed by atoms with Crippen LogP contribution in [0.4, 0.5) is 11.5 Å². The molecule has 1 heterocycles. The quantitative estimate of drug-likeness (QED) is 0.860. The van der Waals surface area contributed by atoms with E-state index in [4.69, 9.17) is 5.73 Å². The Bertz CT molecular complexity index is 582. The lowest BCUT2D eigenvalue weighted by atomic mass is 10.1. The minimum Gasteiger partial charge on any atom is -0.384 e. The highest BCUT2D eigenvalue weighted by Gasteiger charge is 2.26. The number of carbonyl (C=O) groups is 1. The van der Waals surface area contributed by atoms with Crippen LogP contribution in [0.25, 0.3) is 0 Å². The fraction of sp³-hybridized carbons (Fsp3) is 0.200. The van der Waals surface area contributed by atoms with E-state index in [1.807, 2.05) is 12.1 Å². The van der Waals surface area contributed by atoms with Crippen molar-refractivity contribution in [2.24, 2.45) is 5.92 Å². The number of rotatable bonds is 2. The number of nitrogens with two attached hydrogens (primary N) is 1. The number of carbonyl (C=O) groups excluding carboxylic acids is 1. The Labute approximate surface area is 111 Å². The van der Waals surface area contributed by atoms with E-state index >= 15 is 0 Å². The number of aromatic nitrogens is 1. The standard InChI is InChI=1S/C15H15N3O/c16-14-6-5-13(9-17-14)18-15(19)12-7-10-3-1-2-4-11(10)8-12/h1-6,9,12H,7-8H2,(H2,16,17)(H,18,19). The zero-order valence-corrected chi connectivity index (χ0v) is 10.5. The van der Waals surface area contributed by atoms with Crippen molar-refractivity contribution in [1.82, 2.24) is 4.98 Å². The highest BCUT2D eigenvalue weighted by Crippen LogP contribution is 2.27. The van der Waals surface area contributed by atoms with E-state index in [1.165, 1.54) is 11.1 Å². The summed E-state index contributed by atoms with van der Waals surface area (Å²) in [6.07, 6.45) is 3.20. The topological polar surface area (TPSA) is 68.0 Å². The number of anilines is 2. The maximum absolute atomic E-state index is 12.2. The van der Waals surface area contributed by atoms with Crippen LogP contribution in [-0.2, 0) is 17.6 Å². The number of amides is 1. The molecule has 2 aromatic rings. The zero-order chi connectivity index (χ0) is 13.2. The summed E-state index contributed by atoms with van der Waals surface area (Å²) < 4.78 is 0. The summed E-state index contributed by atoms with van der Waals surface area (Å²) >= 11 is 0. The Balaban J connectivity index is 1.68. The molecule has 3 N–H and O–H groups in total. The zero-order valence-electron chi connectivity index (χ0n) is 10.5. The molecule has 0 bridgehead atoms. The molecule has 96 valence electrons. The molecule has 0 unspecified atom stereocenters. The van der Waals surface area contributed by atoms with Crippen molar-refractivity contribution in [3.63, 3.8) is 0 Å². The van der Waals surface area contributed by atoms with E-state index in [0.717, 1.165) is 12.8 Å². The third-order valence-corrected chi connectivity index (χ3v) is 3.48. The number of benzene rings is 1. The molecule has 0 saturated heterocycles. The van der Waals surface area contributed by atoms with Crippen LogP contribution < -0.4 is 11.1 Å². The van der Waals surface area contributed by atoms with Gasteiger partial charge in [0.2, 0.25) is 5.91 Å². The maximum Gasteiger partial charge on any atom is 0.228 e. The lowest BCUT2D eigenvalue weighted by molar-refractivity contribution is -0.119. The van der Waals surface area contributed by atoms with Crippen molar-refractivity contribution in [2.75, 3.05) is 11.1 Å². The fourth-order valence-corrected chi connectivity index (χ4v) is 2.47. The van der Waals surface area contributed by atoms with Gasteiger partial charge < -0.3 is 11.1 Å². The van der Waals surface area contributed by atoms with Crippen LogP contribution in [0.1, 0.15) is 11.1 Å². The van der Waals surface area contributed by atoms with Gasteiger partial charge in [-0.05, 0) is 36.1 Å². The predicted molar refractivity (Wildman–Crippen MR) is 74.6 cm³/mol. The van der Waals surface area contributed by atoms with Crippen molar-refractivity contribution < 1.29 is 4.79 Å². The molecule has 0 spiro atoms. The number of hydrogen-bond donors (Lipinski definition) is 2. The first-order chi connectivity index (χ1) is 9.22. The van der Waals surface area contributed by atoms with Crippen molar-refractivity contribution in [2.45, 2.75) is 12.8 Å². The van der Waals surface area contributed by atoms with E-state index in [0.29, 0.717) is 11.5 Å². The molecule has 0 saturated carbocycles. The van der Waals surface area contributed by atoms with E-state index < -0.39 is 0 Å². The summed E-state index contributed by atoms with van der Waals surface area (Å²) in [5, 5.41) is 2.89. The summed E-state index contributed by atoms with van der Waals surface area (Å²) in [5.41, 5.74) is 8.76. The molecule has 1 aromatic carbocycles. The first-order valence-corrected chi connectivity index (χ1v) is 6.31. The molecule has 0 radical (unpaired) electrons. The third kappa shape index (κ3) is 2.42. The largest absolute Gasteiger partial charge is 0.384 e. The molecule has 4 nitrogen and oxygen atoms in total. The normalized spacial score (nSPS) is 14.1. The molecule has 0 fully saturated rings. The second-order valence-electron chi connectivity index (χ2n) is 4.83. The summed E-state index contributed by atoms with van der Waals surface area (Å²) in [7, 11) is 0. The van der Waals surface area contributed by atoms with Crippen LogP contribution in [0.3, 0.4) is 0 Å². The lowest BCUT2D eigenvalue weighted by Crippen LogP contribution is -2.23. The van der Waals surface area contributed by atoms with Gasteiger partial charge in [0.05, 0.1) is 11.9 Å². The molecule has 1 aromatic heterocycles. The van der Waals surface area contributed by atoms with Crippen LogP contribution in [0.5, 0.6) is 0 Å². The minimum absolute atomic E-state index is 0.00922. The Kier molecular flexibility index (Phi) is 2.91. The molecule has 0 aliphatic heterocycles. The van der Waals surface area contributed by atoms with Crippen LogP contribution in [0, 0.1) is 5.92 Å². The highest BCUT2D eigenvalue weighted by atomic mass is 16.1. The Morgan fingerprint density at radius 1 is 1.16 bits per heavy atom. The second-order valence-corrected chi connectivity index (χ2v) is 4.83. The van der Waals surface area contributed by atoms with E-state index in [1.54, 1.807) is 18.3 Å². The third-order valence-electron chi connectivity index (χ3n) is 3.48.